The highest BCUT2D eigenvalue weighted by molar-refractivity contribution is 6.30. The summed E-state index contributed by atoms with van der Waals surface area (Å²) < 4.78 is 0. The molecule has 1 aromatic heterocycles. The molecule has 0 unspecified atom stereocenters. The first kappa shape index (κ1) is 15.4. The second-order valence-electron chi connectivity index (χ2n) is 5.39. The third kappa shape index (κ3) is 4.27. The van der Waals surface area contributed by atoms with E-state index in [2.05, 4.69) is 33.8 Å². The SMILES string of the molecule is O=C(NCCc1ccc2cc[nH]c2c1)NCc1ccc(Cl)cc1. The van der Waals surface area contributed by atoms with Crippen LogP contribution < -0.4 is 10.6 Å². The topological polar surface area (TPSA) is 56.9 Å². The number of aromatic amines is 1. The molecular formula is C18H18ClN3O. The molecule has 1 heterocycles. The van der Waals surface area contributed by atoms with Crippen molar-refractivity contribution in [3.63, 3.8) is 0 Å². The van der Waals surface area contributed by atoms with E-state index in [1.807, 2.05) is 36.5 Å². The molecule has 118 valence electrons. The van der Waals surface area contributed by atoms with E-state index in [1.165, 1.54) is 10.9 Å². The van der Waals surface area contributed by atoms with Crippen molar-refractivity contribution in [2.24, 2.45) is 0 Å². The summed E-state index contributed by atoms with van der Waals surface area (Å²) in [6, 6.07) is 15.6. The highest BCUT2D eigenvalue weighted by Crippen LogP contribution is 2.14. The van der Waals surface area contributed by atoms with Gasteiger partial charge in [-0.1, -0.05) is 35.9 Å². The van der Waals surface area contributed by atoms with Crippen molar-refractivity contribution in [2.75, 3.05) is 6.54 Å². The third-order valence-electron chi connectivity index (χ3n) is 3.68. The van der Waals surface area contributed by atoms with E-state index >= 15 is 0 Å². The molecule has 3 aromatic rings. The fourth-order valence-corrected chi connectivity index (χ4v) is 2.54. The number of benzene rings is 2. The zero-order valence-corrected chi connectivity index (χ0v) is 13.4. The summed E-state index contributed by atoms with van der Waals surface area (Å²) in [4.78, 5) is 15.0. The lowest BCUT2D eigenvalue weighted by Crippen LogP contribution is -2.36. The molecule has 2 aromatic carbocycles. The zero-order valence-electron chi connectivity index (χ0n) is 12.6. The summed E-state index contributed by atoms with van der Waals surface area (Å²) in [6.07, 6.45) is 2.72. The van der Waals surface area contributed by atoms with Gasteiger partial charge in [0.05, 0.1) is 0 Å². The van der Waals surface area contributed by atoms with Gasteiger partial charge in [-0.15, -0.1) is 0 Å². The molecule has 23 heavy (non-hydrogen) atoms. The van der Waals surface area contributed by atoms with E-state index in [0.717, 1.165) is 17.5 Å². The number of H-pyrrole nitrogens is 1. The lowest BCUT2D eigenvalue weighted by atomic mass is 10.1. The van der Waals surface area contributed by atoms with Crippen LogP contribution in [0.5, 0.6) is 0 Å². The molecule has 3 rings (SSSR count). The van der Waals surface area contributed by atoms with E-state index in [9.17, 15) is 4.79 Å². The smallest absolute Gasteiger partial charge is 0.315 e. The number of carbonyl (C=O) groups excluding carboxylic acids is 1. The molecule has 0 aliphatic heterocycles. The van der Waals surface area contributed by atoms with Crippen molar-refractivity contribution in [1.29, 1.82) is 0 Å². The Morgan fingerprint density at radius 3 is 2.61 bits per heavy atom. The average Bonchev–Trinajstić information content (AvgIpc) is 3.02. The number of hydrogen-bond acceptors (Lipinski definition) is 1. The molecule has 5 heteroatoms. The second-order valence-corrected chi connectivity index (χ2v) is 5.82. The minimum atomic E-state index is -0.166. The highest BCUT2D eigenvalue weighted by atomic mass is 35.5. The first-order chi connectivity index (χ1) is 11.2. The number of fused-ring (bicyclic) bond motifs is 1. The van der Waals surface area contributed by atoms with Crippen molar-refractivity contribution >= 4 is 28.5 Å². The van der Waals surface area contributed by atoms with Gasteiger partial charge in [0.15, 0.2) is 0 Å². The molecule has 0 bridgehead atoms. The molecule has 0 spiro atoms. The van der Waals surface area contributed by atoms with Crippen LogP contribution in [0.25, 0.3) is 10.9 Å². The molecule has 0 aliphatic carbocycles. The predicted molar refractivity (Wildman–Crippen MR) is 93.7 cm³/mol. The van der Waals surface area contributed by atoms with Gasteiger partial charge in [0.2, 0.25) is 0 Å². The molecule has 0 fully saturated rings. The van der Waals surface area contributed by atoms with Crippen LogP contribution in [0.3, 0.4) is 0 Å². The van der Waals surface area contributed by atoms with E-state index in [-0.39, 0.29) is 6.03 Å². The first-order valence-electron chi connectivity index (χ1n) is 7.53. The van der Waals surface area contributed by atoms with Crippen molar-refractivity contribution in [2.45, 2.75) is 13.0 Å². The van der Waals surface area contributed by atoms with E-state index in [0.29, 0.717) is 18.1 Å². The van der Waals surface area contributed by atoms with Gasteiger partial charge in [-0.3, -0.25) is 0 Å². The van der Waals surface area contributed by atoms with E-state index < -0.39 is 0 Å². The maximum atomic E-state index is 11.8. The Kier molecular flexibility index (Phi) is 4.83. The standard InChI is InChI=1S/C18H18ClN3O/c19-16-5-2-14(3-6-16)12-22-18(23)21-9-7-13-1-4-15-8-10-20-17(15)11-13/h1-6,8,10-11,20H,7,9,12H2,(H2,21,22,23). The monoisotopic (exact) mass is 327 g/mol. The number of rotatable bonds is 5. The molecule has 0 aliphatic rings. The van der Waals surface area contributed by atoms with Crippen LogP contribution in [0, 0.1) is 0 Å². The number of halogens is 1. The van der Waals surface area contributed by atoms with Gasteiger partial charge >= 0.3 is 6.03 Å². The van der Waals surface area contributed by atoms with Crippen molar-refractivity contribution in [3.8, 4) is 0 Å². The van der Waals surface area contributed by atoms with Crippen LogP contribution in [0.15, 0.2) is 54.7 Å². The maximum Gasteiger partial charge on any atom is 0.315 e. The van der Waals surface area contributed by atoms with Crippen molar-refractivity contribution < 1.29 is 4.79 Å². The van der Waals surface area contributed by atoms with Gasteiger partial charge in [0.1, 0.15) is 0 Å². The highest BCUT2D eigenvalue weighted by Gasteiger charge is 2.02. The molecule has 0 radical (unpaired) electrons. The Morgan fingerprint density at radius 1 is 1.00 bits per heavy atom. The molecule has 4 nitrogen and oxygen atoms in total. The first-order valence-corrected chi connectivity index (χ1v) is 7.91. The van der Waals surface area contributed by atoms with Crippen LogP contribution in [0.4, 0.5) is 4.79 Å². The second kappa shape index (κ2) is 7.20. The van der Waals surface area contributed by atoms with Crippen LogP contribution in [-0.2, 0) is 13.0 Å². The number of carbonyl (C=O) groups is 1. The Balaban J connectivity index is 1.42. The summed E-state index contributed by atoms with van der Waals surface area (Å²) in [5.74, 6) is 0. The lowest BCUT2D eigenvalue weighted by molar-refractivity contribution is 0.240. The Labute approximate surface area is 139 Å². The van der Waals surface area contributed by atoms with Crippen LogP contribution in [0.2, 0.25) is 5.02 Å². The van der Waals surface area contributed by atoms with Crippen molar-refractivity contribution in [3.05, 3.63) is 70.9 Å². The largest absolute Gasteiger partial charge is 0.361 e. The Hall–Kier alpha value is -2.46. The zero-order chi connectivity index (χ0) is 16.1. The molecule has 3 N–H and O–H groups in total. The molecule has 0 saturated carbocycles. The van der Waals surface area contributed by atoms with Gasteiger partial charge in [0.25, 0.3) is 0 Å². The van der Waals surface area contributed by atoms with Gasteiger partial charge < -0.3 is 15.6 Å². The van der Waals surface area contributed by atoms with E-state index in [4.69, 9.17) is 11.6 Å². The Bertz CT molecular complexity index is 795. The molecular weight excluding hydrogens is 310 g/mol. The number of hydrogen-bond donors (Lipinski definition) is 3. The number of aromatic nitrogens is 1. The van der Waals surface area contributed by atoms with Gasteiger partial charge in [0, 0.05) is 29.8 Å². The molecule has 0 atom stereocenters. The summed E-state index contributed by atoms with van der Waals surface area (Å²) in [7, 11) is 0. The average molecular weight is 328 g/mol. The minimum Gasteiger partial charge on any atom is -0.361 e. The van der Waals surface area contributed by atoms with Crippen LogP contribution >= 0.6 is 11.6 Å². The number of amides is 2. The quantitative estimate of drug-likeness (QED) is 0.654. The van der Waals surface area contributed by atoms with Gasteiger partial charge in [-0.2, -0.15) is 0 Å². The van der Waals surface area contributed by atoms with Gasteiger partial charge in [-0.05, 0) is 47.2 Å². The summed E-state index contributed by atoms with van der Waals surface area (Å²) in [6.45, 7) is 1.08. The minimum absolute atomic E-state index is 0.166. The summed E-state index contributed by atoms with van der Waals surface area (Å²) in [5.41, 5.74) is 3.33. The van der Waals surface area contributed by atoms with Crippen molar-refractivity contribution in [1.82, 2.24) is 15.6 Å². The fourth-order valence-electron chi connectivity index (χ4n) is 2.42. The molecule has 0 saturated heterocycles. The van der Waals surface area contributed by atoms with Gasteiger partial charge in [-0.25, -0.2) is 4.79 Å². The predicted octanol–water partition coefficient (Wildman–Crippen LogP) is 3.86. The fraction of sp³-hybridized carbons (Fsp3) is 0.167. The molecule has 2 amide bonds. The Morgan fingerprint density at radius 2 is 1.78 bits per heavy atom. The lowest BCUT2D eigenvalue weighted by Gasteiger charge is -2.08. The maximum absolute atomic E-state index is 11.8. The van der Waals surface area contributed by atoms with Crippen LogP contribution in [-0.4, -0.2) is 17.6 Å². The summed E-state index contributed by atoms with van der Waals surface area (Å²) in [5, 5.41) is 7.59. The number of urea groups is 1. The summed E-state index contributed by atoms with van der Waals surface area (Å²) >= 11 is 5.83. The normalized spacial score (nSPS) is 10.7. The number of nitrogens with one attached hydrogen (secondary N) is 3. The van der Waals surface area contributed by atoms with E-state index in [1.54, 1.807) is 0 Å². The third-order valence-corrected chi connectivity index (χ3v) is 3.94. The van der Waals surface area contributed by atoms with Crippen LogP contribution in [0.1, 0.15) is 11.1 Å².